The number of ether oxygens (including phenoxy) is 1. The van der Waals surface area contributed by atoms with Crippen LogP contribution in [0.15, 0.2) is 28.8 Å². The Balaban J connectivity index is 2.53. The Bertz CT molecular complexity index is 577. The Labute approximate surface area is 118 Å². The van der Waals surface area contributed by atoms with E-state index in [1.807, 2.05) is 24.3 Å². The third-order valence-electron chi connectivity index (χ3n) is 2.47. The average Bonchev–Trinajstić information content (AvgIpc) is 2.72. The molecular formula is C13H12INO3. The van der Waals surface area contributed by atoms with Gasteiger partial charge in [0.15, 0.2) is 0 Å². The van der Waals surface area contributed by atoms with E-state index in [4.69, 9.17) is 9.26 Å². The third-order valence-corrected chi connectivity index (χ3v) is 3.41. The van der Waals surface area contributed by atoms with E-state index in [1.165, 1.54) is 0 Å². The molecule has 0 amide bonds. The third kappa shape index (κ3) is 2.40. The van der Waals surface area contributed by atoms with Crippen molar-refractivity contribution in [2.75, 3.05) is 6.61 Å². The highest BCUT2D eigenvalue weighted by Crippen LogP contribution is 2.29. The van der Waals surface area contributed by atoms with Crippen molar-refractivity contribution in [3.8, 4) is 11.3 Å². The van der Waals surface area contributed by atoms with Gasteiger partial charge < -0.3 is 9.26 Å². The summed E-state index contributed by atoms with van der Waals surface area (Å²) in [6.45, 7) is 3.81. The average molecular weight is 357 g/mol. The number of hydrogen-bond donors (Lipinski definition) is 0. The van der Waals surface area contributed by atoms with Crippen LogP contribution < -0.4 is 0 Å². The highest BCUT2D eigenvalue weighted by molar-refractivity contribution is 14.1. The lowest BCUT2D eigenvalue weighted by atomic mass is 10.1. The number of halogens is 1. The molecule has 18 heavy (non-hydrogen) atoms. The topological polar surface area (TPSA) is 52.3 Å². The fraction of sp³-hybridized carbons (Fsp3) is 0.231. The van der Waals surface area contributed by atoms with Gasteiger partial charge in [0.05, 0.1) is 6.61 Å². The molecule has 2 aromatic rings. The first kappa shape index (κ1) is 13.1. The molecule has 0 aliphatic heterocycles. The smallest absolute Gasteiger partial charge is 0.344 e. The Morgan fingerprint density at radius 3 is 2.83 bits per heavy atom. The first-order valence-electron chi connectivity index (χ1n) is 5.53. The summed E-state index contributed by atoms with van der Waals surface area (Å²) in [5, 5.41) is 3.97. The van der Waals surface area contributed by atoms with Gasteiger partial charge in [-0.2, -0.15) is 0 Å². The van der Waals surface area contributed by atoms with Crippen LogP contribution in [-0.4, -0.2) is 17.7 Å². The molecule has 0 atom stereocenters. The van der Waals surface area contributed by atoms with Gasteiger partial charge in [0, 0.05) is 9.13 Å². The zero-order valence-corrected chi connectivity index (χ0v) is 12.2. The lowest BCUT2D eigenvalue weighted by molar-refractivity contribution is 0.0525. The molecule has 1 heterocycles. The summed E-state index contributed by atoms with van der Waals surface area (Å²) in [7, 11) is 0. The number of aromatic nitrogens is 1. The summed E-state index contributed by atoms with van der Waals surface area (Å²) in [6.07, 6.45) is 0. The van der Waals surface area contributed by atoms with Crippen molar-refractivity contribution in [3.63, 3.8) is 0 Å². The molecule has 2 rings (SSSR count). The van der Waals surface area contributed by atoms with Gasteiger partial charge in [0.1, 0.15) is 17.0 Å². The summed E-state index contributed by atoms with van der Waals surface area (Å²) in [6, 6.07) is 7.69. The lowest BCUT2D eigenvalue weighted by Crippen LogP contribution is -2.06. The van der Waals surface area contributed by atoms with Crippen LogP contribution in [0.25, 0.3) is 11.3 Å². The van der Waals surface area contributed by atoms with E-state index in [0.717, 1.165) is 9.13 Å². The molecule has 0 aliphatic carbocycles. The van der Waals surface area contributed by atoms with E-state index in [-0.39, 0.29) is 0 Å². The predicted octanol–water partition coefficient (Wildman–Crippen LogP) is 3.43. The molecule has 4 nitrogen and oxygen atoms in total. The minimum absolute atomic E-state index is 0.328. The van der Waals surface area contributed by atoms with Gasteiger partial charge in [-0.25, -0.2) is 4.79 Å². The SMILES string of the molecule is CCOC(=O)c1c(-c2ccccc2I)noc1C. The maximum atomic E-state index is 11.9. The van der Waals surface area contributed by atoms with Crippen LogP contribution in [0, 0.1) is 10.5 Å². The van der Waals surface area contributed by atoms with Gasteiger partial charge in [0.25, 0.3) is 0 Å². The number of nitrogens with zero attached hydrogens (tertiary/aromatic N) is 1. The van der Waals surface area contributed by atoms with Gasteiger partial charge in [-0.1, -0.05) is 23.4 Å². The van der Waals surface area contributed by atoms with Gasteiger partial charge in [-0.3, -0.25) is 0 Å². The number of carbonyl (C=O) groups excluding carboxylic acids is 1. The van der Waals surface area contributed by atoms with E-state index in [9.17, 15) is 4.79 Å². The second-order valence-electron chi connectivity index (χ2n) is 3.66. The number of esters is 1. The summed E-state index contributed by atoms with van der Waals surface area (Å²) in [4.78, 5) is 11.9. The number of benzene rings is 1. The number of rotatable bonds is 3. The van der Waals surface area contributed by atoms with Crippen molar-refractivity contribution in [1.29, 1.82) is 0 Å². The van der Waals surface area contributed by atoms with Crippen LogP contribution in [0.4, 0.5) is 0 Å². The van der Waals surface area contributed by atoms with Gasteiger partial charge in [0.2, 0.25) is 0 Å². The van der Waals surface area contributed by atoms with Crippen molar-refractivity contribution >= 4 is 28.6 Å². The van der Waals surface area contributed by atoms with Gasteiger partial charge in [-0.05, 0) is 42.5 Å². The van der Waals surface area contributed by atoms with Crippen LogP contribution in [0.5, 0.6) is 0 Å². The minimum atomic E-state index is -0.397. The van der Waals surface area contributed by atoms with E-state index in [1.54, 1.807) is 13.8 Å². The van der Waals surface area contributed by atoms with Crippen molar-refractivity contribution in [1.82, 2.24) is 5.16 Å². The van der Waals surface area contributed by atoms with Crippen molar-refractivity contribution in [2.45, 2.75) is 13.8 Å². The zero-order valence-electron chi connectivity index (χ0n) is 10.1. The van der Waals surface area contributed by atoms with Crippen molar-refractivity contribution in [2.24, 2.45) is 0 Å². The van der Waals surface area contributed by atoms with Crippen LogP contribution in [-0.2, 0) is 4.74 Å². The van der Waals surface area contributed by atoms with Gasteiger partial charge in [-0.15, -0.1) is 0 Å². The molecule has 1 aromatic heterocycles. The van der Waals surface area contributed by atoms with E-state index in [0.29, 0.717) is 23.6 Å². The number of carbonyl (C=O) groups is 1. The molecule has 0 bridgehead atoms. The van der Waals surface area contributed by atoms with Crippen molar-refractivity contribution in [3.05, 3.63) is 39.2 Å². The Morgan fingerprint density at radius 2 is 2.17 bits per heavy atom. The highest BCUT2D eigenvalue weighted by Gasteiger charge is 2.23. The lowest BCUT2D eigenvalue weighted by Gasteiger charge is -2.04. The zero-order chi connectivity index (χ0) is 13.1. The summed E-state index contributed by atoms with van der Waals surface area (Å²) in [5.41, 5.74) is 1.81. The molecule has 0 saturated heterocycles. The molecule has 0 saturated carbocycles. The van der Waals surface area contributed by atoms with E-state index >= 15 is 0 Å². The van der Waals surface area contributed by atoms with Crippen LogP contribution in [0.1, 0.15) is 23.0 Å². The number of aryl methyl sites for hydroxylation is 1. The normalized spacial score (nSPS) is 10.4. The molecule has 0 aliphatic rings. The summed E-state index contributed by atoms with van der Waals surface area (Å²) >= 11 is 2.20. The first-order valence-corrected chi connectivity index (χ1v) is 6.61. The van der Waals surface area contributed by atoms with Crippen LogP contribution in [0.2, 0.25) is 0 Å². The molecule has 0 N–H and O–H groups in total. The predicted molar refractivity (Wildman–Crippen MR) is 75.3 cm³/mol. The maximum Gasteiger partial charge on any atom is 0.344 e. The fourth-order valence-electron chi connectivity index (χ4n) is 1.65. The van der Waals surface area contributed by atoms with E-state index in [2.05, 4.69) is 27.7 Å². The van der Waals surface area contributed by atoms with Crippen LogP contribution >= 0.6 is 22.6 Å². The molecular weight excluding hydrogens is 345 g/mol. The Kier molecular flexibility index (Phi) is 4.00. The fourth-order valence-corrected chi connectivity index (χ4v) is 2.30. The Morgan fingerprint density at radius 1 is 1.44 bits per heavy atom. The van der Waals surface area contributed by atoms with E-state index < -0.39 is 5.97 Å². The second-order valence-corrected chi connectivity index (χ2v) is 4.82. The Hall–Kier alpha value is -1.37. The molecule has 0 unspecified atom stereocenters. The maximum absolute atomic E-state index is 11.9. The molecule has 0 radical (unpaired) electrons. The summed E-state index contributed by atoms with van der Waals surface area (Å²) < 4.78 is 11.2. The minimum Gasteiger partial charge on any atom is -0.462 e. The monoisotopic (exact) mass is 357 g/mol. The largest absolute Gasteiger partial charge is 0.462 e. The standard InChI is InChI=1S/C13H12INO3/c1-3-17-13(16)11-8(2)18-15-12(11)9-6-4-5-7-10(9)14/h4-7H,3H2,1-2H3. The molecule has 0 spiro atoms. The second kappa shape index (κ2) is 5.51. The first-order chi connectivity index (χ1) is 8.65. The number of hydrogen-bond acceptors (Lipinski definition) is 4. The molecule has 5 heteroatoms. The van der Waals surface area contributed by atoms with Gasteiger partial charge >= 0.3 is 5.97 Å². The van der Waals surface area contributed by atoms with Crippen LogP contribution in [0.3, 0.4) is 0 Å². The quantitative estimate of drug-likeness (QED) is 0.624. The molecule has 0 fully saturated rings. The molecule has 1 aromatic carbocycles. The summed E-state index contributed by atoms with van der Waals surface area (Å²) in [5.74, 6) is 0.0778. The van der Waals surface area contributed by atoms with Crippen molar-refractivity contribution < 1.29 is 14.1 Å². The highest BCUT2D eigenvalue weighted by atomic mass is 127. The molecule has 94 valence electrons.